The van der Waals surface area contributed by atoms with E-state index in [4.69, 9.17) is 20.8 Å². The second-order valence-electron chi connectivity index (χ2n) is 13.9. The van der Waals surface area contributed by atoms with E-state index in [0.717, 1.165) is 36.9 Å². The van der Waals surface area contributed by atoms with E-state index >= 15 is 0 Å². The van der Waals surface area contributed by atoms with Crippen LogP contribution in [0.3, 0.4) is 0 Å². The van der Waals surface area contributed by atoms with Gasteiger partial charge in [-0.1, -0.05) is 38.4 Å². The summed E-state index contributed by atoms with van der Waals surface area (Å²) in [6.07, 6.45) is 11.8. The fraction of sp³-hybridized carbons (Fsp3) is 0.444. The summed E-state index contributed by atoms with van der Waals surface area (Å²) in [6.45, 7) is 11.4. The zero-order chi connectivity index (χ0) is 33.2. The number of benzene rings is 1. The first-order valence-electron chi connectivity index (χ1n) is 15.9. The smallest absolute Gasteiger partial charge is 0.252 e. The van der Waals surface area contributed by atoms with Gasteiger partial charge in [0.15, 0.2) is 14.1 Å². The maximum absolute atomic E-state index is 14.2. The molecule has 0 N–H and O–H groups in total. The number of pyridine rings is 2. The van der Waals surface area contributed by atoms with Crippen molar-refractivity contribution in [3.05, 3.63) is 87.7 Å². The zero-order valence-electron chi connectivity index (χ0n) is 27.5. The van der Waals surface area contributed by atoms with Crippen molar-refractivity contribution in [3.8, 4) is 22.9 Å². The highest BCUT2D eigenvalue weighted by atomic mass is 35.5. The van der Waals surface area contributed by atoms with Gasteiger partial charge in [0.25, 0.3) is 5.56 Å². The van der Waals surface area contributed by atoms with E-state index in [9.17, 15) is 14.9 Å². The lowest BCUT2D eigenvalue weighted by Crippen LogP contribution is -2.44. The molecule has 0 saturated heterocycles. The second kappa shape index (κ2) is 13.6. The van der Waals surface area contributed by atoms with Crippen molar-refractivity contribution in [3.63, 3.8) is 0 Å². The molecular weight excluding hydrogens is 616 g/mol. The SMILES string of the molecule is COc1cn(C(CC2CCC(O[Si](C)(C)C(C)(C)C)CC2)C(=O)Cc2ccc3nccn3c2)c(=O)cc1-c1cc(Cl)ccc1C#N. The Bertz CT molecular complexity index is 1830. The molecule has 0 spiro atoms. The van der Waals surface area contributed by atoms with E-state index in [0.29, 0.717) is 33.9 Å². The van der Waals surface area contributed by atoms with Gasteiger partial charge in [-0.05, 0) is 86.0 Å². The molecule has 0 radical (unpaired) electrons. The van der Waals surface area contributed by atoms with E-state index < -0.39 is 14.4 Å². The van der Waals surface area contributed by atoms with Gasteiger partial charge in [-0.25, -0.2) is 4.98 Å². The van der Waals surface area contributed by atoms with Crippen molar-refractivity contribution in [2.75, 3.05) is 7.11 Å². The fourth-order valence-electron chi connectivity index (χ4n) is 6.17. The minimum absolute atomic E-state index is 0.0449. The molecule has 3 aromatic heterocycles. The normalized spacial score (nSPS) is 17.9. The summed E-state index contributed by atoms with van der Waals surface area (Å²) in [4.78, 5) is 32.3. The lowest BCUT2D eigenvalue weighted by molar-refractivity contribution is -0.122. The van der Waals surface area contributed by atoms with Crippen LogP contribution in [0.2, 0.25) is 23.2 Å². The van der Waals surface area contributed by atoms with Gasteiger partial charge in [-0.15, -0.1) is 0 Å². The second-order valence-corrected chi connectivity index (χ2v) is 19.1. The van der Waals surface area contributed by atoms with Crippen LogP contribution in [-0.2, 0) is 15.6 Å². The molecule has 4 aromatic rings. The molecule has 8 nitrogen and oxygen atoms in total. The number of hydrogen-bond donors (Lipinski definition) is 0. The summed E-state index contributed by atoms with van der Waals surface area (Å²) < 4.78 is 15.9. The topological polar surface area (TPSA) is 98.6 Å². The first-order chi connectivity index (χ1) is 21.8. The van der Waals surface area contributed by atoms with Gasteiger partial charge in [0.05, 0.1) is 31.0 Å². The molecule has 1 atom stereocenters. The molecule has 3 heterocycles. The summed E-state index contributed by atoms with van der Waals surface area (Å²) in [5.41, 5.74) is 2.66. The van der Waals surface area contributed by atoms with Crippen LogP contribution in [0, 0.1) is 17.2 Å². The van der Waals surface area contributed by atoms with Crippen molar-refractivity contribution in [1.29, 1.82) is 5.26 Å². The number of imidazole rings is 1. The van der Waals surface area contributed by atoms with Gasteiger partial charge < -0.3 is 18.1 Å². The molecule has 242 valence electrons. The number of halogens is 1. The first-order valence-corrected chi connectivity index (χ1v) is 19.2. The summed E-state index contributed by atoms with van der Waals surface area (Å²) in [7, 11) is -0.366. The van der Waals surface area contributed by atoms with E-state index in [2.05, 4.69) is 44.9 Å². The average Bonchev–Trinajstić information content (AvgIpc) is 3.48. The Kier molecular flexibility index (Phi) is 9.92. The van der Waals surface area contributed by atoms with E-state index in [1.165, 1.54) is 17.7 Å². The third-order valence-corrected chi connectivity index (χ3v) is 14.6. The minimum Gasteiger partial charge on any atom is -0.495 e. The van der Waals surface area contributed by atoms with Crippen LogP contribution < -0.4 is 10.3 Å². The van der Waals surface area contributed by atoms with Crippen LogP contribution >= 0.6 is 11.6 Å². The van der Waals surface area contributed by atoms with Crippen molar-refractivity contribution < 1.29 is 14.0 Å². The van der Waals surface area contributed by atoms with Crippen molar-refractivity contribution in [2.24, 2.45) is 5.92 Å². The first kappa shape index (κ1) is 33.6. The number of hydrogen-bond acceptors (Lipinski definition) is 6. The number of rotatable bonds is 10. The highest BCUT2D eigenvalue weighted by molar-refractivity contribution is 6.74. The largest absolute Gasteiger partial charge is 0.495 e. The predicted octanol–water partition coefficient (Wildman–Crippen LogP) is 8.02. The summed E-state index contributed by atoms with van der Waals surface area (Å²) in [6, 6.07) is 11.7. The van der Waals surface area contributed by atoms with Crippen LogP contribution in [0.1, 0.15) is 70.0 Å². The Morgan fingerprint density at radius 2 is 1.85 bits per heavy atom. The number of fused-ring (bicyclic) bond motifs is 1. The standard InChI is InChI=1S/C36H43ClN4O4Si/c1-36(2,3)46(5,6)45-28-12-7-24(8-13-28)17-31(32(42)18-25-9-14-34-39-15-16-40(34)22-25)41-23-33(44-4)30(20-35(41)43)29-19-27(37)11-10-26(29)21-38/h9-11,14-16,19-20,22-24,28,31H,7-8,12-13,17-18H2,1-6H3. The number of aromatic nitrogens is 3. The van der Waals surface area contributed by atoms with Crippen LogP contribution in [0.5, 0.6) is 5.75 Å². The Morgan fingerprint density at radius 1 is 1.11 bits per heavy atom. The predicted molar refractivity (Wildman–Crippen MR) is 184 cm³/mol. The molecule has 1 aliphatic carbocycles. The maximum atomic E-state index is 14.2. The van der Waals surface area contributed by atoms with E-state index in [1.807, 2.05) is 28.9 Å². The zero-order valence-corrected chi connectivity index (χ0v) is 29.3. The van der Waals surface area contributed by atoms with Crippen LogP contribution in [0.25, 0.3) is 16.8 Å². The summed E-state index contributed by atoms with van der Waals surface area (Å²) in [5, 5.41) is 10.3. The number of carbonyl (C=O) groups is 1. The molecule has 0 aliphatic heterocycles. The third-order valence-electron chi connectivity index (χ3n) is 9.81. The lowest BCUT2D eigenvalue weighted by Gasteiger charge is -2.41. The average molecular weight is 659 g/mol. The molecular formula is C36H43ClN4O4Si. The minimum atomic E-state index is -1.88. The third kappa shape index (κ3) is 7.30. The van der Waals surface area contributed by atoms with Crippen LogP contribution in [0.4, 0.5) is 0 Å². The fourth-order valence-corrected chi connectivity index (χ4v) is 7.76. The lowest BCUT2D eigenvalue weighted by atomic mass is 9.82. The Balaban J connectivity index is 1.45. The molecule has 1 aliphatic rings. The number of ketones is 1. The molecule has 46 heavy (non-hydrogen) atoms. The van der Waals surface area contributed by atoms with Gasteiger partial charge in [-0.2, -0.15) is 5.26 Å². The molecule has 0 amide bonds. The number of ether oxygens (including phenoxy) is 1. The van der Waals surface area contributed by atoms with E-state index in [1.54, 1.807) is 30.6 Å². The highest BCUT2D eigenvalue weighted by Gasteiger charge is 2.40. The number of Topliss-reactive ketones (excluding diaryl/α,β-unsaturated/α-hetero) is 1. The van der Waals surface area contributed by atoms with Crippen molar-refractivity contribution >= 4 is 31.3 Å². The van der Waals surface area contributed by atoms with Gasteiger partial charge in [0.1, 0.15) is 11.4 Å². The van der Waals surface area contributed by atoms with Gasteiger partial charge in [0.2, 0.25) is 0 Å². The molecule has 1 fully saturated rings. The molecule has 1 saturated carbocycles. The van der Waals surface area contributed by atoms with Crippen molar-refractivity contribution in [1.82, 2.24) is 14.0 Å². The Labute approximate surface area is 277 Å². The molecule has 5 rings (SSSR count). The van der Waals surface area contributed by atoms with Crippen LogP contribution in [-0.4, -0.2) is 41.3 Å². The van der Waals surface area contributed by atoms with Crippen molar-refractivity contribution in [2.45, 2.75) is 89.6 Å². The van der Waals surface area contributed by atoms with Gasteiger partial charge >= 0.3 is 0 Å². The number of carbonyl (C=O) groups excluding carboxylic acids is 1. The number of nitriles is 1. The number of nitrogens with zero attached hydrogens (tertiary/aromatic N) is 4. The Morgan fingerprint density at radius 3 is 2.52 bits per heavy atom. The monoisotopic (exact) mass is 658 g/mol. The molecule has 1 aromatic carbocycles. The van der Waals surface area contributed by atoms with Gasteiger partial charge in [0, 0.05) is 53.3 Å². The highest BCUT2D eigenvalue weighted by Crippen LogP contribution is 2.41. The summed E-state index contributed by atoms with van der Waals surface area (Å²) >= 11 is 6.27. The number of methoxy groups -OCH3 is 1. The Hall–Kier alpha value is -3.71. The molecule has 1 unspecified atom stereocenters. The van der Waals surface area contributed by atoms with E-state index in [-0.39, 0.29) is 34.8 Å². The molecule has 10 heteroatoms. The van der Waals surface area contributed by atoms with Gasteiger partial charge in [-0.3, -0.25) is 9.59 Å². The van der Waals surface area contributed by atoms with Crippen LogP contribution in [0.15, 0.2) is 66.0 Å². The summed E-state index contributed by atoms with van der Waals surface area (Å²) in [5.74, 6) is 0.610. The maximum Gasteiger partial charge on any atom is 0.252 e. The quantitative estimate of drug-likeness (QED) is 0.160. The molecule has 0 bridgehead atoms.